The maximum atomic E-state index is 9.29. The van der Waals surface area contributed by atoms with Crippen molar-refractivity contribution in [2.75, 3.05) is 0 Å². The summed E-state index contributed by atoms with van der Waals surface area (Å²) in [5.41, 5.74) is 1.38. The normalized spacial score (nSPS) is 20.3. The zero-order valence-electron chi connectivity index (χ0n) is 10.2. The van der Waals surface area contributed by atoms with Gasteiger partial charge in [0.05, 0.1) is 0 Å². The summed E-state index contributed by atoms with van der Waals surface area (Å²) in [6, 6.07) is 7.76. The lowest BCUT2D eigenvalue weighted by molar-refractivity contribution is 0.394. The van der Waals surface area contributed by atoms with E-state index >= 15 is 0 Å². The van der Waals surface area contributed by atoms with Crippen molar-refractivity contribution in [2.45, 2.75) is 51.4 Å². The molecule has 0 amide bonds. The highest BCUT2D eigenvalue weighted by molar-refractivity contribution is 5.28. The van der Waals surface area contributed by atoms with Crippen molar-refractivity contribution >= 4 is 0 Å². The van der Waals surface area contributed by atoms with E-state index in [1.807, 2.05) is 12.1 Å². The van der Waals surface area contributed by atoms with Gasteiger partial charge >= 0.3 is 0 Å². The smallest absolute Gasteiger partial charge is 0.115 e. The van der Waals surface area contributed by atoms with Gasteiger partial charge in [0.15, 0.2) is 0 Å². The van der Waals surface area contributed by atoms with E-state index in [0.29, 0.717) is 11.7 Å². The molecule has 2 rings (SSSR count). The fourth-order valence-corrected chi connectivity index (χ4v) is 2.86. The molecule has 1 fully saturated rings. The van der Waals surface area contributed by atoms with Crippen LogP contribution in [0.4, 0.5) is 0 Å². The molecule has 1 aromatic rings. The quantitative estimate of drug-likeness (QED) is 0.726. The Balaban J connectivity index is 2.04. The molecule has 1 saturated carbocycles. The summed E-state index contributed by atoms with van der Waals surface area (Å²) in [6.07, 6.45) is 8.38. The average molecular weight is 218 g/mol. The molecule has 1 aliphatic rings. The molecule has 0 aromatic heterocycles. The van der Waals surface area contributed by atoms with Crippen molar-refractivity contribution in [3.63, 3.8) is 0 Å². The van der Waals surface area contributed by atoms with Crippen LogP contribution in [0.5, 0.6) is 5.75 Å². The highest BCUT2D eigenvalue weighted by Crippen LogP contribution is 2.35. The van der Waals surface area contributed by atoms with Gasteiger partial charge in [-0.2, -0.15) is 0 Å². The first-order valence-corrected chi connectivity index (χ1v) is 6.56. The minimum absolute atomic E-state index is 0.372. The van der Waals surface area contributed by atoms with Crippen LogP contribution in [0.15, 0.2) is 24.3 Å². The molecule has 0 aliphatic heterocycles. The summed E-state index contributed by atoms with van der Waals surface area (Å²) in [5.74, 6) is 1.85. The molecular formula is C15H22O. The predicted molar refractivity (Wildman–Crippen MR) is 67.7 cm³/mol. The SMILES string of the molecule is CC(c1ccc(O)cc1)C1CCCCCC1. The number of phenols is 1. The Morgan fingerprint density at radius 3 is 2.12 bits per heavy atom. The van der Waals surface area contributed by atoms with E-state index in [9.17, 15) is 5.11 Å². The zero-order valence-corrected chi connectivity index (χ0v) is 10.2. The van der Waals surface area contributed by atoms with Gasteiger partial charge < -0.3 is 5.11 Å². The number of hydrogen-bond donors (Lipinski definition) is 1. The first-order valence-electron chi connectivity index (χ1n) is 6.56. The number of rotatable bonds is 2. The van der Waals surface area contributed by atoms with E-state index in [4.69, 9.17) is 0 Å². The Morgan fingerprint density at radius 2 is 1.56 bits per heavy atom. The van der Waals surface area contributed by atoms with Crippen LogP contribution < -0.4 is 0 Å². The monoisotopic (exact) mass is 218 g/mol. The molecule has 1 nitrogen and oxygen atoms in total. The number of hydrogen-bond acceptors (Lipinski definition) is 1. The second kappa shape index (κ2) is 5.38. The lowest BCUT2D eigenvalue weighted by Crippen LogP contribution is -2.09. The van der Waals surface area contributed by atoms with Gasteiger partial charge in [-0.15, -0.1) is 0 Å². The van der Waals surface area contributed by atoms with Crippen molar-refractivity contribution in [1.82, 2.24) is 0 Å². The van der Waals surface area contributed by atoms with Crippen LogP contribution in [0.25, 0.3) is 0 Å². The molecular weight excluding hydrogens is 196 g/mol. The van der Waals surface area contributed by atoms with Gasteiger partial charge in [-0.05, 0) is 42.4 Å². The highest BCUT2D eigenvalue weighted by atomic mass is 16.3. The Kier molecular flexibility index (Phi) is 3.87. The van der Waals surface area contributed by atoms with Crippen LogP contribution in [0.3, 0.4) is 0 Å². The molecule has 1 heteroatoms. The maximum absolute atomic E-state index is 9.29. The molecule has 0 radical (unpaired) electrons. The van der Waals surface area contributed by atoms with Crippen molar-refractivity contribution in [1.29, 1.82) is 0 Å². The van der Waals surface area contributed by atoms with Gasteiger partial charge in [-0.3, -0.25) is 0 Å². The maximum Gasteiger partial charge on any atom is 0.115 e. The van der Waals surface area contributed by atoms with Gasteiger partial charge in [0.25, 0.3) is 0 Å². The summed E-state index contributed by atoms with van der Waals surface area (Å²) in [5, 5.41) is 9.29. The van der Waals surface area contributed by atoms with Crippen LogP contribution in [-0.4, -0.2) is 5.11 Å². The van der Waals surface area contributed by atoms with E-state index in [0.717, 1.165) is 5.92 Å². The second-order valence-corrected chi connectivity index (χ2v) is 5.13. The molecule has 1 aromatic carbocycles. The third kappa shape index (κ3) is 2.78. The Bertz CT molecular complexity index is 307. The van der Waals surface area contributed by atoms with E-state index in [2.05, 4.69) is 19.1 Å². The lowest BCUT2D eigenvalue weighted by Gasteiger charge is -2.22. The Hall–Kier alpha value is -0.980. The number of phenolic OH excluding ortho intramolecular Hbond substituents is 1. The molecule has 88 valence electrons. The van der Waals surface area contributed by atoms with Gasteiger partial charge in [-0.25, -0.2) is 0 Å². The number of aromatic hydroxyl groups is 1. The van der Waals surface area contributed by atoms with E-state index in [1.54, 1.807) is 0 Å². The largest absolute Gasteiger partial charge is 0.508 e. The fraction of sp³-hybridized carbons (Fsp3) is 0.600. The highest BCUT2D eigenvalue weighted by Gasteiger charge is 2.20. The lowest BCUT2D eigenvalue weighted by atomic mass is 9.83. The first kappa shape index (κ1) is 11.5. The second-order valence-electron chi connectivity index (χ2n) is 5.13. The molecule has 1 aliphatic carbocycles. The van der Waals surface area contributed by atoms with Crippen molar-refractivity contribution in [3.8, 4) is 5.75 Å². The van der Waals surface area contributed by atoms with Crippen molar-refractivity contribution < 1.29 is 5.11 Å². The van der Waals surface area contributed by atoms with E-state index in [-0.39, 0.29) is 0 Å². The molecule has 1 atom stereocenters. The first-order chi connectivity index (χ1) is 7.77. The summed E-state index contributed by atoms with van der Waals surface area (Å²) in [4.78, 5) is 0. The molecule has 1 unspecified atom stereocenters. The van der Waals surface area contributed by atoms with Crippen LogP contribution in [0.2, 0.25) is 0 Å². The molecule has 0 spiro atoms. The van der Waals surface area contributed by atoms with Gasteiger partial charge in [0.2, 0.25) is 0 Å². The van der Waals surface area contributed by atoms with Crippen molar-refractivity contribution in [2.24, 2.45) is 5.92 Å². The van der Waals surface area contributed by atoms with Gasteiger partial charge in [0, 0.05) is 0 Å². The van der Waals surface area contributed by atoms with Crippen molar-refractivity contribution in [3.05, 3.63) is 29.8 Å². The minimum atomic E-state index is 0.372. The summed E-state index contributed by atoms with van der Waals surface area (Å²) < 4.78 is 0. The third-order valence-corrected chi connectivity index (χ3v) is 4.03. The van der Waals surface area contributed by atoms with E-state index < -0.39 is 0 Å². The minimum Gasteiger partial charge on any atom is -0.508 e. The summed E-state index contributed by atoms with van der Waals surface area (Å²) in [6.45, 7) is 2.34. The average Bonchev–Trinajstić information content (AvgIpc) is 2.57. The Labute approximate surface area is 98.5 Å². The summed E-state index contributed by atoms with van der Waals surface area (Å²) in [7, 11) is 0. The molecule has 16 heavy (non-hydrogen) atoms. The van der Waals surface area contributed by atoms with Crippen LogP contribution in [-0.2, 0) is 0 Å². The third-order valence-electron chi connectivity index (χ3n) is 4.03. The van der Waals surface area contributed by atoms with Crippen LogP contribution >= 0.6 is 0 Å². The van der Waals surface area contributed by atoms with Gasteiger partial charge in [-0.1, -0.05) is 44.7 Å². The summed E-state index contributed by atoms with van der Waals surface area (Å²) >= 11 is 0. The predicted octanol–water partition coefficient (Wildman–Crippen LogP) is 4.47. The van der Waals surface area contributed by atoms with E-state index in [1.165, 1.54) is 44.1 Å². The van der Waals surface area contributed by atoms with Crippen LogP contribution in [0.1, 0.15) is 56.9 Å². The fourth-order valence-electron chi connectivity index (χ4n) is 2.86. The number of benzene rings is 1. The topological polar surface area (TPSA) is 20.2 Å². The zero-order chi connectivity index (χ0) is 11.4. The Morgan fingerprint density at radius 1 is 1.00 bits per heavy atom. The van der Waals surface area contributed by atoms with Crippen LogP contribution in [0, 0.1) is 5.92 Å². The molecule has 0 bridgehead atoms. The molecule has 0 saturated heterocycles. The van der Waals surface area contributed by atoms with Gasteiger partial charge in [0.1, 0.15) is 5.75 Å². The molecule has 1 N–H and O–H groups in total. The molecule has 0 heterocycles. The standard InChI is InChI=1S/C15H22O/c1-12(13-6-4-2-3-5-7-13)14-8-10-15(16)11-9-14/h8-13,16H,2-7H2,1H3.